The molecule has 1 rings (SSSR count). The van der Waals surface area contributed by atoms with Crippen LogP contribution in [0.15, 0.2) is 29.8 Å². The summed E-state index contributed by atoms with van der Waals surface area (Å²) in [5.74, 6) is 2.59. The van der Waals surface area contributed by atoms with Gasteiger partial charge in [-0.2, -0.15) is 0 Å². The Hall–Kier alpha value is -1.48. The second-order valence-corrected chi connectivity index (χ2v) is 2.88. The average Bonchev–Trinajstić information content (AvgIpc) is 2.09. The largest absolute Gasteiger partial charge is 0.115 e. The van der Waals surface area contributed by atoms with Gasteiger partial charge in [0, 0.05) is 0 Å². The monoisotopic (exact) mass is 156 g/mol. The van der Waals surface area contributed by atoms with E-state index in [2.05, 4.69) is 37.1 Å². The van der Waals surface area contributed by atoms with Gasteiger partial charge in [-0.15, -0.1) is 6.42 Å². The Balaban J connectivity index is 2.93. The third-order valence-electron chi connectivity index (χ3n) is 1.69. The minimum atomic E-state index is 0.957. The minimum absolute atomic E-state index is 0.957. The van der Waals surface area contributed by atoms with Gasteiger partial charge in [0.15, 0.2) is 0 Å². The van der Waals surface area contributed by atoms with E-state index in [-0.39, 0.29) is 0 Å². The Morgan fingerprint density at radius 2 is 1.92 bits per heavy atom. The van der Waals surface area contributed by atoms with Crippen LogP contribution in [0.3, 0.4) is 0 Å². The van der Waals surface area contributed by atoms with Crippen molar-refractivity contribution in [3.05, 3.63) is 41.0 Å². The molecule has 0 aliphatic carbocycles. The smallest absolute Gasteiger partial charge is 0.000752 e. The molecule has 12 heavy (non-hydrogen) atoms. The van der Waals surface area contributed by atoms with Crippen molar-refractivity contribution in [3.8, 4) is 12.3 Å². The molecule has 60 valence electrons. The molecule has 1 aromatic carbocycles. The van der Waals surface area contributed by atoms with Crippen molar-refractivity contribution in [2.45, 2.75) is 13.8 Å². The molecule has 0 nitrogen and oxygen atoms in total. The maximum Gasteiger partial charge on any atom is -0.000752 e. The number of aryl methyl sites for hydroxylation is 1. The molecule has 0 N–H and O–H groups in total. The highest BCUT2D eigenvalue weighted by atomic mass is 13.9. The molecule has 0 aliphatic heterocycles. The summed E-state index contributed by atoms with van der Waals surface area (Å²) in [6.45, 7) is 4.00. The molecular weight excluding hydrogens is 144 g/mol. The molecule has 0 unspecified atom stereocenters. The van der Waals surface area contributed by atoms with Crippen LogP contribution in [0.1, 0.15) is 18.1 Å². The number of hydrogen-bond donors (Lipinski definition) is 0. The van der Waals surface area contributed by atoms with Gasteiger partial charge < -0.3 is 0 Å². The van der Waals surface area contributed by atoms with E-state index < -0.39 is 0 Å². The number of benzene rings is 1. The zero-order valence-corrected chi connectivity index (χ0v) is 7.46. The number of allylic oxidation sites excluding steroid dienone is 1. The SMILES string of the molecule is C#CC(C)=Cc1ccc(C)cc1. The predicted molar refractivity (Wildman–Crippen MR) is 53.7 cm³/mol. The Labute approximate surface area is 73.9 Å². The first-order chi connectivity index (χ1) is 5.72. The van der Waals surface area contributed by atoms with E-state index >= 15 is 0 Å². The normalized spacial score (nSPS) is 10.9. The zero-order chi connectivity index (χ0) is 8.97. The summed E-state index contributed by atoms with van der Waals surface area (Å²) in [5, 5.41) is 0. The quantitative estimate of drug-likeness (QED) is 0.548. The van der Waals surface area contributed by atoms with E-state index in [0.717, 1.165) is 11.1 Å². The van der Waals surface area contributed by atoms with Gasteiger partial charge in [0.05, 0.1) is 0 Å². The van der Waals surface area contributed by atoms with Crippen LogP contribution in [0.5, 0.6) is 0 Å². The van der Waals surface area contributed by atoms with Crippen LogP contribution in [-0.4, -0.2) is 0 Å². The first-order valence-electron chi connectivity index (χ1n) is 3.94. The van der Waals surface area contributed by atoms with Crippen LogP contribution in [-0.2, 0) is 0 Å². The Kier molecular flexibility index (Phi) is 2.71. The molecule has 0 aliphatic rings. The molecule has 0 saturated carbocycles. The highest BCUT2D eigenvalue weighted by Crippen LogP contribution is 2.07. The summed E-state index contributed by atoms with van der Waals surface area (Å²) >= 11 is 0. The van der Waals surface area contributed by atoms with Crippen LogP contribution >= 0.6 is 0 Å². The van der Waals surface area contributed by atoms with Crippen molar-refractivity contribution < 1.29 is 0 Å². The van der Waals surface area contributed by atoms with Crippen molar-refractivity contribution in [2.24, 2.45) is 0 Å². The molecule has 0 spiro atoms. The molecule has 0 radical (unpaired) electrons. The van der Waals surface area contributed by atoms with E-state index in [0.29, 0.717) is 0 Å². The number of terminal acetylenes is 1. The second-order valence-electron chi connectivity index (χ2n) is 2.88. The van der Waals surface area contributed by atoms with Crippen molar-refractivity contribution in [3.63, 3.8) is 0 Å². The summed E-state index contributed by atoms with van der Waals surface area (Å²) in [7, 11) is 0. The third kappa shape index (κ3) is 2.29. The molecule has 0 amide bonds. The van der Waals surface area contributed by atoms with Gasteiger partial charge in [0.1, 0.15) is 0 Å². The fourth-order valence-electron chi connectivity index (χ4n) is 0.954. The van der Waals surface area contributed by atoms with Crippen molar-refractivity contribution in [2.75, 3.05) is 0 Å². The van der Waals surface area contributed by atoms with Gasteiger partial charge in [-0.05, 0) is 31.1 Å². The molecule has 0 heteroatoms. The summed E-state index contributed by atoms with van der Waals surface area (Å²) in [6.07, 6.45) is 7.23. The molecular formula is C12H12. The standard InChI is InChI=1S/C12H12/c1-4-10(2)9-12-7-5-11(3)6-8-12/h1,5-9H,2-3H3. The van der Waals surface area contributed by atoms with Gasteiger partial charge in [-0.3, -0.25) is 0 Å². The first kappa shape index (κ1) is 8.62. The van der Waals surface area contributed by atoms with E-state index in [1.807, 2.05) is 13.0 Å². The fraction of sp³-hybridized carbons (Fsp3) is 0.167. The van der Waals surface area contributed by atoms with E-state index in [4.69, 9.17) is 6.42 Å². The van der Waals surface area contributed by atoms with Gasteiger partial charge >= 0.3 is 0 Å². The van der Waals surface area contributed by atoms with Crippen LogP contribution in [0.4, 0.5) is 0 Å². The average molecular weight is 156 g/mol. The lowest BCUT2D eigenvalue weighted by atomic mass is 10.1. The lowest BCUT2D eigenvalue weighted by Gasteiger charge is -1.94. The Morgan fingerprint density at radius 3 is 2.42 bits per heavy atom. The van der Waals surface area contributed by atoms with E-state index in [9.17, 15) is 0 Å². The molecule has 1 aromatic rings. The van der Waals surface area contributed by atoms with Crippen LogP contribution in [0.2, 0.25) is 0 Å². The summed E-state index contributed by atoms with van der Waals surface area (Å²) in [5.41, 5.74) is 3.39. The summed E-state index contributed by atoms with van der Waals surface area (Å²) in [4.78, 5) is 0. The molecule has 0 aromatic heterocycles. The van der Waals surface area contributed by atoms with Crippen molar-refractivity contribution in [1.29, 1.82) is 0 Å². The third-order valence-corrected chi connectivity index (χ3v) is 1.69. The van der Waals surface area contributed by atoms with Crippen molar-refractivity contribution >= 4 is 6.08 Å². The lowest BCUT2D eigenvalue weighted by Crippen LogP contribution is -1.75. The maximum atomic E-state index is 5.23. The van der Waals surface area contributed by atoms with Gasteiger partial charge in [-0.25, -0.2) is 0 Å². The molecule has 0 heterocycles. The second kappa shape index (κ2) is 3.78. The lowest BCUT2D eigenvalue weighted by molar-refractivity contribution is 1.46. The zero-order valence-electron chi connectivity index (χ0n) is 7.46. The molecule has 0 saturated heterocycles. The number of rotatable bonds is 1. The highest BCUT2D eigenvalue weighted by molar-refractivity contribution is 5.57. The number of hydrogen-bond acceptors (Lipinski definition) is 0. The predicted octanol–water partition coefficient (Wildman–Crippen LogP) is 3.03. The Morgan fingerprint density at radius 1 is 1.33 bits per heavy atom. The van der Waals surface area contributed by atoms with Crippen molar-refractivity contribution in [1.82, 2.24) is 0 Å². The molecule has 0 atom stereocenters. The summed E-state index contributed by atoms with van der Waals surface area (Å²) < 4.78 is 0. The summed E-state index contributed by atoms with van der Waals surface area (Å²) in [6, 6.07) is 8.29. The molecule has 0 bridgehead atoms. The molecule has 0 fully saturated rings. The van der Waals surface area contributed by atoms with Gasteiger partial charge in [-0.1, -0.05) is 35.7 Å². The van der Waals surface area contributed by atoms with Crippen LogP contribution in [0, 0.1) is 19.3 Å². The van der Waals surface area contributed by atoms with Crippen LogP contribution in [0.25, 0.3) is 6.08 Å². The van der Waals surface area contributed by atoms with E-state index in [1.165, 1.54) is 5.56 Å². The topological polar surface area (TPSA) is 0 Å². The first-order valence-corrected chi connectivity index (χ1v) is 3.94. The van der Waals surface area contributed by atoms with Gasteiger partial charge in [0.25, 0.3) is 0 Å². The van der Waals surface area contributed by atoms with E-state index in [1.54, 1.807) is 0 Å². The fourth-order valence-corrected chi connectivity index (χ4v) is 0.954. The van der Waals surface area contributed by atoms with Gasteiger partial charge in [0.2, 0.25) is 0 Å². The Bertz CT molecular complexity index is 320. The highest BCUT2D eigenvalue weighted by Gasteiger charge is 1.87. The maximum absolute atomic E-state index is 5.23. The minimum Gasteiger partial charge on any atom is -0.115 e. The van der Waals surface area contributed by atoms with Crippen LogP contribution < -0.4 is 0 Å².